The number of nitrogens with one attached hydrogen (secondary N) is 1. The van der Waals surface area contributed by atoms with E-state index in [2.05, 4.69) is 60.5 Å². The van der Waals surface area contributed by atoms with Crippen molar-refractivity contribution in [2.75, 3.05) is 6.61 Å². The minimum atomic E-state index is -0.0708. The zero-order valence-corrected chi connectivity index (χ0v) is 19.9. The number of carbonyl (C=O) groups is 1. The summed E-state index contributed by atoms with van der Waals surface area (Å²) in [6, 6.07) is 17.1. The molecule has 0 radical (unpaired) electrons. The minimum absolute atomic E-state index is 0.0378. The van der Waals surface area contributed by atoms with E-state index in [-0.39, 0.29) is 17.9 Å². The number of hydrogen-bond donors (Lipinski definition) is 1. The molecule has 1 fully saturated rings. The molecule has 0 aliphatic heterocycles. The average molecular weight is 448 g/mol. The zero-order valence-electron chi connectivity index (χ0n) is 19.9. The summed E-state index contributed by atoms with van der Waals surface area (Å²) < 4.78 is 10.6. The van der Waals surface area contributed by atoms with Gasteiger partial charge in [-0.25, -0.2) is 0 Å². The number of aromatic nitrogens is 2. The van der Waals surface area contributed by atoms with Crippen LogP contribution in [0.25, 0.3) is 22.8 Å². The highest BCUT2D eigenvalue weighted by Crippen LogP contribution is 2.31. The van der Waals surface area contributed by atoms with Crippen LogP contribution in [0.15, 0.2) is 53.1 Å². The van der Waals surface area contributed by atoms with Crippen molar-refractivity contribution in [1.82, 2.24) is 15.5 Å². The van der Waals surface area contributed by atoms with Crippen LogP contribution in [-0.2, 0) is 16.0 Å². The number of rotatable bonds is 9. The molecule has 1 saturated carbocycles. The predicted octanol–water partition coefficient (Wildman–Crippen LogP) is 5.59. The van der Waals surface area contributed by atoms with Crippen LogP contribution in [0, 0.1) is 11.8 Å². The largest absolute Gasteiger partial charge is 0.466 e. The highest BCUT2D eigenvalue weighted by Gasteiger charge is 2.36. The topological polar surface area (TPSA) is 77.2 Å². The summed E-state index contributed by atoms with van der Waals surface area (Å²) in [7, 11) is 0. The summed E-state index contributed by atoms with van der Waals surface area (Å²) in [6.45, 7) is 8.87. The second-order valence-corrected chi connectivity index (χ2v) is 9.35. The molecule has 3 aromatic rings. The lowest BCUT2D eigenvalue weighted by atomic mass is 9.80. The van der Waals surface area contributed by atoms with Crippen molar-refractivity contribution in [3.05, 3.63) is 59.7 Å². The van der Waals surface area contributed by atoms with Gasteiger partial charge in [0.1, 0.15) is 0 Å². The Kier molecular flexibility index (Phi) is 7.23. The number of benzene rings is 2. The van der Waals surface area contributed by atoms with Crippen molar-refractivity contribution in [2.24, 2.45) is 11.8 Å². The molecule has 1 aliphatic carbocycles. The molecule has 6 heteroatoms. The molecule has 1 heterocycles. The quantitative estimate of drug-likeness (QED) is 0.431. The summed E-state index contributed by atoms with van der Waals surface area (Å²) in [6.07, 6.45) is 2.73. The SMILES string of the molecule is CCOC(=O)C1CC(N[C@H](C)c2ccc(-c3noc(-c4ccc(CC(C)C)cc4)n3)cc2)C1. The summed E-state index contributed by atoms with van der Waals surface area (Å²) in [5, 5.41) is 7.78. The van der Waals surface area contributed by atoms with Gasteiger partial charge in [0.05, 0.1) is 12.5 Å². The third-order valence-corrected chi connectivity index (χ3v) is 6.18. The maximum Gasteiger partial charge on any atom is 0.309 e. The fourth-order valence-corrected chi connectivity index (χ4v) is 4.29. The first-order chi connectivity index (χ1) is 15.9. The Labute approximate surface area is 195 Å². The predicted molar refractivity (Wildman–Crippen MR) is 128 cm³/mol. The van der Waals surface area contributed by atoms with Gasteiger partial charge >= 0.3 is 5.97 Å². The van der Waals surface area contributed by atoms with Crippen molar-refractivity contribution in [3.63, 3.8) is 0 Å². The lowest BCUT2D eigenvalue weighted by molar-refractivity contribution is -0.151. The Morgan fingerprint density at radius 3 is 2.36 bits per heavy atom. The second kappa shape index (κ2) is 10.3. The molecule has 0 saturated heterocycles. The highest BCUT2D eigenvalue weighted by atomic mass is 16.5. The first-order valence-corrected chi connectivity index (χ1v) is 11.9. The van der Waals surface area contributed by atoms with Gasteiger partial charge in [-0.15, -0.1) is 0 Å². The first-order valence-electron chi connectivity index (χ1n) is 11.9. The summed E-state index contributed by atoms with van der Waals surface area (Å²) in [4.78, 5) is 16.4. The van der Waals surface area contributed by atoms with Gasteiger partial charge in [-0.1, -0.05) is 55.4 Å². The Balaban J connectivity index is 1.34. The minimum Gasteiger partial charge on any atom is -0.466 e. The van der Waals surface area contributed by atoms with E-state index in [9.17, 15) is 4.79 Å². The summed E-state index contributed by atoms with van der Waals surface area (Å²) in [5.41, 5.74) is 4.34. The fraction of sp³-hybridized carbons (Fsp3) is 0.444. The summed E-state index contributed by atoms with van der Waals surface area (Å²) >= 11 is 0. The van der Waals surface area contributed by atoms with E-state index in [1.165, 1.54) is 11.1 Å². The number of hydrogen-bond acceptors (Lipinski definition) is 6. The van der Waals surface area contributed by atoms with Crippen LogP contribution >= 0.6 is 0 Å². The Morgan fingerprint density at radius 1 is 1.06 bits per heavy atom. The Bertz CT molecular complexity index is 1050. The van der Waals surface area contributed by atoms with Gasteiger partial charge in [0, 0.05) is 23.2 Å². The van der Waals surface area contributed by atoms with E-state index in [4.69, 9.17) is 9.26 Å². The molecule has 0 spiro atoms. The van der Waals surface area contributed by atoms with Crippen LogP contribution in [0.3, 0.4) is 0 Å². The maximum absolute atomic E-state index is 11.8. The molecule has 174 valence electrons. The monoisotopic (exact) mass is 447 g/mol. The van der Waals surface area contributed by atoms with Gasteiger partial charge < -0.3 is 14.6 Å². The molecule has 1 aromatic heterocycles. The van der Waals surface area contributed by atoms with Crippen LogP contribution in [0.1, 0.15) is 57.7 Å². The van der Waals surface area contributed by atoms with E-state index in [0.29, 0.717) is 30.3 Å². The smallest absolute Gasteiger partial charge is 0.309 e. The second-order valence-electron chi connectivity index (χ2n) is 9.35. The van der Waals surface area contributed by atoms with Gasteiger partial charge in [-0.05, 0) is 62.3 Å². The molecule has 2 aromatic carbocycles. The number of carbonyl (C=O) groups excluding carboxylic acids is 1. The Morgan fingerprint density at radius 2 is 1.73 bits per heavy atom. The molecule has 6 nitrogen and oxygen atoms in total. The average Bonchev–Trinajstić information content (AvgIpc) is 3.26. The normalized spacial score (nSPS) is 18.7. The lowest BCUT2D eigenvalue weighted by Gasteiger charge is -2.36. The van der Waals surface area contributed by atoms with E-state index in [1.807, 2.05) is 31.2 Å². The summed E-state index contributed by atoms with van der Waals surface area (Å²) in [5.74, 6) is 1.71. The molecule has 0 unspecified atom stereocenters. The lowest BCUT2D eigenvalue weighted by Crippen LogP contribution is -2.45. The number of ether oxygens (including phenoxy) is 1. The molecular weight excluding hydrogens is 414 g/mol. The Hall–Kier alpha value is -2.99. The maximum atomic E-state index is 11.8. The molecular formula is C27H33N3O3. The van der Waals surface area contributed by atoms with E-state index >= 15 is 0 Å². The van der Waals surface area contributed by atoms with E-state index < -0.39 is 0 Å². The molecule has 1 atom stereocenters. The molecule has 0 bridgehead atoms. The van der Waals surface area contributed by atoms with Crippen LogP contribution in [0.5, 0.6) is 0 Å². The number of esters is 1. The van der Waals surface area contributed by atoms with E-state index in [0.717, 1.165) is 30.4 Å². The molecule has 0 amide bonds. The molecule has 33 heavy (non-hydrogen) atoms. The highest BCUT2D eigenvalue weighted by molar-refractivity contribution is 5.73. The van der Waals surface area contributed by atoms with E-state index in [1.54, 1.807) is 0 Å². The molecule has 4 rings (SSSR count). The van der Waals surface area contributed by atoms with Gasteiger partial charge in [0.2, 0.25) is 5.82 Å². The van der Waals surface area contributed by atoms with Crippen LogP contribution < -0.4 is 5.32 Å². The van der Waals surface area contributed by atoms with Crippen molar-refractivity contribution in [1.29, 1.82) is 0 Å². The van der Waals surface area contributed by atoms with Crippen molar-refractivity contribution in [3.8, 4) is 22.8 Å². The third kappa shape index (κ3) is 5.69. The van der Waals surface area contributed by atoms with Gasteiger partial charge in [-0.2, -0.15) is 4.98 Å². The van der Waals surface area contributed by atoms with Crippen molar-refractivity contribution < 1.29 is 14.1 Å². The molecule has 1 N–H and O–H groups in total. The third-order valence-electron chi connectivity index (χ3n) is 6.18. The van der Waals surface area contributed by atoms with Gasteiger partial charge in [0.25, 0.3) is 5.89 Å². The standard InChI is InChI=1S/C27H33N3O3/c1-5-32-27(31)23-15-24(16-23)28-18(4)20-10-12-21(13-11-20)25-29-26(33-30-25)22-8-6-19(7-9-22)14-17(2)3/h6-13,17-18,23-24,28H,5,14-16H2,1-4H3/t18-,23?,24?/m1/s1. The van der Waals surface area contributed by atoms with Crippen molar-refractivity contribution in [2.45, 2.75) is 59.0 Å². The number of nitrogens with zero attached hydrogens (tertiary/aromatic N) is 2. The van der Waals surface area contributed by atoms with Crippen LogP contribution in [-0.4, -0.2) is 28.8 Å². The van der Waals surface area contributed by atoms with Crippen LogP contribution in [0.4, 0.5) is 0 Å². The zero-order chi connectivity index (χ0) is 23.4. The van der Waals surface area contributed by atoms with Gasteiger partial charge in [-0.3, -0.25) is 4.79 Å². The van der Waals surface area contributed by atoms with Gasteiger partial charge in [0.15, 0.2) is 0 Å². The van der Waals surface area contributed by atoms with Crippen molar-refractivity contribution >= 4 is 5.97 Å². The van der Waals surface area contributed by atoms with Crippen LogP contribution in [0.2, 0.25) is 0 Å². The molecule has 1 aliphatic rings. The first kappa shape index (κ1) is 23.2. The fourth-order valence-electron chi connectivity index (χ4n) is 4.29.